The predicted octanol–water partition coefficient (Wildman–Crippen LogP) is 2.70. The standard InChI is InChI=1S/C16H23NO3/c1-2-17(12-14-9-6-10-20-14)15(11-16(18)19)13-7-4-3-5-8-13/h3-5,7-8,14-15H,2,6,9-12H2,1H3,(H,18,19). The summed E-state index contributed by atoms with van der Waals surface area (Å²) in [5, 5.41) is 9.19. The molecule has 0 aliphatic carbocycles. The Morgan fingerprint density at radius 1 is 1.45 bits per heavy atom. The molecule has 1 aliphatic heterocycles. The van der Waals surface area contributed by atoms with Crippen molar-refractivity contribution in [3.8, 4) is 0 Å². The van der Waals surface area contributed by atoms with Crippen LogP contribution in [0.25, 0.3) is 0 Å². The Balaban J connectivity index is 2.12. The van der Waals surface area contributed by atoms with Crippen molar-refractivity contribution in [2.24, 2.45) is 0 Å². The van der Waals surface area contributed by atoms with Crippen molar-refractivity contribution in [2.45, 2.75) is 38.3 Å². The zero-order valence-electron chi connectivity index (χ0n) is 12.0. The maximum Gasteiger partial charge on any atom is 0.305 e. The minimum absolute atomic E-state index is 0.0806. The van der Waals surface area contributed by atoms with E-state index < -0.39 is 5.97 Å². The summed E-state index contributed by atoms with van der Waals surface area (Å²) in [6, 6.07) is 9.81. The zero-order valence-corrected chi connectivity index (χ0v) is 12.0. The van der Waals surface area contributed by atoms with E-state index in [4.69, 9.17) is 4.74 Å². The summed E-state index contributed by atoms with van der Waals surface area (Å²) in [4.78, 5) is 13.4. The largest absolute Gasteiger partial charge is 0.481 e. The van der Waals surface area contributed by atoms with Gasteiger partial charge in [-0.3, -0.25) is 9.69 Å². The second-order valence-corrected chi connectivity index (χ2v) is 5.25. The summed E-state index contributed by atoms with van der Waals surface area (Å²) >= 11 is 0. The highest BCUT2D eigenvalue weighted by Gasteiger charge is 2.26. The van der Waals surface area contributed by atoms with E-state index in [1.54, 1.807) is 0 Å². The van der Waals surface area contributed by atoms with E-state index in [9.17, 15) is 9.90 Å². The average molecular weight is 277 g/mol. The molecule has 0 spiro atoms. The van der Waals surface area contributed by atoms with Crippen LogP contribution in [-0.2, 0) is 9.53 Å². The molecular formula is C16H23NO3. The first-order valence-electron chi connectivity index (χ1n) is 7.33. The molecule has 1 heterocycles. The maximum absolute atomic E-state index is 11.2. The first-order chi connectivity index (χ1) is 9.70. The van der Waals surface area contributed by atoms with Gasteiger partial charge in [-0.2, -0.15) is 0 Å². The van der Waals surface area contributed by atoms with Gasteiger partial charge in [-0.1, -0.05) is 37.3 Å². The molecule has 1 aliphatic rings. The fourth-order valence-corrected chi connectivity index (χ4v) is 2.82. The number of benzene rings is 1. The van der Waals surface area contributed by atoms with Crippen LogP contribution >= 0.6 is 0 Å². The smallest absolute Gasteiger partial charge is 0.305 e. The Morgan fingerprint density at radius 3 is 2.75 bits per heavy atom. The summed E-state index contributed by atoms with van der Waals surface area (Å²) < 4.78 is 5.69. The fraction of sp³-hybridized carbons (Fsp3) is 0.562. The number of carboxylic acid groups (broad SMARTS) is 1. The number of carboxylic acids is 1. The van der Waals surface area contributed by atoms with Gasteiger partial charge in [0, 0.05) is 19.2 Å². The number of hydrogen-bond donors (Lipinski definition) is 1. The lowest BCUT2D eigenvalue weighted by Gasteiger charge is -2.32. The summed E-state index contributed by atoms with van der Waals surface area (Å²) in [6.07, 6.45) is 2.56. The third kappa shape index (κ3) is 4.05. The molecule has 2 rings (SSSR count). The fourth-order valence-electron chi connectivity index (χ4n) is 2.82. The summed E-state index contributed by atoms with van der Waals surface area (Å²) in [5.41, 5.74) is 1.06. The van der Waals surface area contributed by atoms with E-state index in [2.05, 4.69) is 11.8 Å². The molecule has 0 aromatic heterocycles. The minimum Gasteiger partial charge on any atom is -0.481 e. The molecule has 1 aromatic rings. The number of likely N-dealkylation sites (N-methyl/N-ethyl adjacent to an activating group) is 1. The molecule has 2 atom stereocenters. The first kappa shape index (κ1) is 15.0. The zero-order chi connectivity index (χ0) is 14.4. The van der Waals surface area contributed by atoms with Crippen molar-refractivity contribution in [1.82, 2.24) is 4.90 Å². The van der Waals surface area contributed by atoms with Crippen LogP contribution < -0.4 is 0 Å². The summed E-state index contributed by atoms with van der Waals surface area (Å²) in [6.45, 7) is 4.54. The Kier molecular flexibility index (Phi) is 5.56. The van der Waals surface area contributed by atoms with Gasteiger partial charge in [0.05, 0.1) is 12.5 Å². The topological polar surface area (TPSA) is 49.8 Å². The molecular weight excluding hydrogens is 254 g/mol. The Labute approximate surface area is 120 Å². The third-order valence-corrected chi connectivity index (χ3v) is 3.86. The number of rotatable bonds is 7. The van der Waals surface area contributed by atoms with Gasteiger partial charge in [0.1, 0.15) is 0 Å². The average Bonchev–Trinajstić information content (AvgIpc) is 2.96. The van der Waals surface area contributed by atoms with Crippen LogP contribution in [0.2, 0.25) is 0 Å². The van der Waals surface area contributed by atoms with Gasteiger partial charge in [-0.25, -0.2) is 0 Å². The molecule has 0 bridgehead atoms. The molecule has 20 heavy (non-hydrogen) atoms. The molecule has 4 heteroatoms. The number of aliphatic carboxylic acids is 1. The van der Waals surface area contributed by atoms with E-state index >= 15 is 0 Å². The van der Waals surface area contributed by atoms with Gasteiger partial charge >= 0.3 is 5.97 Å². The molecule has 2 unspecified atom stereocenters. The molecule has 0 saturated carbocycles. The SMILES string of the molecule is CCN(CC1CCCO1)C(CC(=O)O)c1ccccc1. The maximum atomic E-state index is 11.2. The lowest BCUT2D eigenvalue weighted by atomic mass is 10.0. The van der Waals surface area contributed by atoms with Crippen LogP contribution in [-0.4, -0.2) is 41.8 Å². The van der Waals surface area contributed by atoms with Crippen LogP contribution in [0.3, 0.4) is 0 Å². The number of hydrogen-bond acceptors (Lipinski definition) is 3. The van der Waals surface area contributed by atoms with Crippen LogP contribution in [0, 0.1) is 0 Å². The highest BCUT2D eigenvalue weighted by molar-refractivity contribution is 5.67. The van der Waals surface area contributed by atoms with Gasteiger partial charge in [0.15, 0.2) is 0 Å². The number of ether oxygens (including phenoxy) is 1. The van der Waals surface area contributed by atoms with Crippen molar-refractivity contribution in [3.63, 3.8) is 0 Å². The van der Waals surface area contributed by atoms with E-state index in [0.29, 0.717) is 0 Å². The van der Waals surface area contributed by atoms with Gasteiger partial charge < -0.3 is 9.84 Å². The van der Waals surface area contributed by atoms with E-state index in [1.807, 2.05) is 30.3 Å². The van der Waals surface area contributed by atoms with Gasteiger partial charge in [-0.15, -0.1) is 0 Å². The molecule has 1 fully saturated rings. The highest BCUT2D eigenvalue weighted by Crippen LogP contribution is 2.26. The van der Waals surface area contributed by atoms with Crippen LogP contribution in [0.4, 0.5) is 0 Å². The van der Waals surface area contributed by atoms with Gasteiger partial charge in [-0.05, 0) is 24.9 Å². The molecule has 1 saturated heterocycles. The van der Waals surface area contributed by atoms with Crippen molar-refractivity contribution < 1.29 is 14.6 Å². The molecule has 0 amide bonds. The molecule has 0 radical (unpaired) electrons. The minimum atomic E-state index is -0.760. The Bertz CT molecular complexity index is 415. The third-order valence-electron chi connectivity index (χ3n) is 3.86. The van der Waals surface area contributed by atoms with E-state index in [1.165, 1.54) is 0 Å². The van der Waals surface area contributed by atoms with Crippen molar-refractivity contribution in [3.05, 3.63) is 35.9 Å². The van der Waals surface area contributed by atoms with Gasteiger partial charge in [0.2, 0.25) is 0 Å². The second kappa shape index (κ2) is 7.41. The van der Waals surface area contributed by atoms with Crippen LogP contribution in [0.1, 0.15) is 37.8 Å². The molecule has 1 N–H and O–H groups in total. The summed E-state index contributed by atoms with van der Waals surface area (Å²) in [5.74, 6) is -0.760. The first-order valence-corrected chi connectivity index (χ1v) is 7.33. The van der Waals surface area contributed by atoms with Crippen LogP contribution in [0.5, 0.6) is 0 Å². The van der Waals surface area contributed by atoms with Crippen molar-refractivity contribution >= 4 is 5.97 Å². The molecule has 4 nitrogen and oxygen atoms in total. The van der Waals surface area contributed by atoms with Gasteiger partial charge in [0.25, 0.3) is 0 Å². The predicted molar refractivity (Wildman–Crippen MR) is 77.7 cm³/mol. The highest BCUT2D eigenvalue weighted by atomic mass is 16.5. The summed E-state index contributed by atoms with van der Waals surface area (Å²) in [7, 11) is 0. The normalized spacial score (nSPS) is 20.2. The lowest BCUT2D eigenvalue weighted by Crippen LogP contribution is -2.36. The Morgan fingerprint density at radius 2 is 2.20 bits per heavy atom. The molecule has 110 valence electrons. The van der Waals surface area contributed by atoms with Crippen molar-refractivity contribution in [2.75, 3.05) is 19.7 Å². The van der Waals surface area contributed by atoms with E-state index in [0.717, 1.165) is 38.1 Å². The number of nitrogens with zero attached hydrogens (tertiary/aromatic N) is 1. The van der Waals surface area contributed by atoms with E-state index in [-0.39, 0.29) is 18.6 Å². The Hall–Kier alpha value is -1.39. The molecule has 1 aromatic carbocycles. The quantitative estimate of drug-likeness (QED) is 0.832. The second-order valence-electron chi connectivity index (χ2n) is 5.25. The number of carbonyl (C=O) groups is 1. The lowest BCUT2D eigenvalue weighted by molar-refractivity contribution is -0.138. The van der Waals surface area contributed by atoms with Crippen LogP contribution in [0.15, 0.2) is 30.3 Å². The van der Waals surface area contributed by atoms with Crippen molar-refractivity contribution in [1.29, 1.82) is 0 Å². The monoisotopic (exact) mass is 277 g/mol.